The molecule has 1 N–H and O–H groups in total. The molecule has 0 saturated heterocycles. The fraction of sp³-hybridized carbons (Fsp3) is 0.276. The number of carbonyl (C=O) groups is 2. The fourth-order valence-corrected chi connectivity index (χ4v) is 5.53. The van der Waals surface area contributed by atoms with Crippen molar-refractivity contribution in [3.05, 3.63) is 102 Å². The van der Waals surface area contributed by atoms with E-state index in [-0.39, 0.29) is 51.9 Å². The predicted octanol–water partition coefficient (Wildman–Crippen LogP) is 4.90. The highest BCUT2D eigenvalue weighted by molar-refractivity contribution is 9.10. The molecule has 4 aromatic rings. The van der Waals surface area contributed by atoms with E-state index in [4.69, 9.17) is 0 Å². The molecule has 14 heteroatoms. The van der Waals surface area contributed by atoms with Gasteiger partial charge in [0.1, 0.15) is 0 Å². The molecule has 2 aromatic heterocycles. The number of aromatic nitrogens is 4. The van der Waals surface area contributed by atoms with E-state index < -0.39 is 35.1 Å². The molecular weight excluding hydrogens is 636 g/mol. The summed E-state index contributed by atoms with van der Waals surface area (Å²) < 4.78 is 57.6. The largest absolute Gasteiger partial charge is 0.417 e. The molecule has 5 rings (SSSR count). The van der Waals surface area contributed by atoms with E-state index in [2.05, 4.69) is 31.3 Å². The average molecular weight is 661 g/mol. The smallest absolute Gasteiger partial charge is 0.355 e. The molecular formula is C29H25BrF4N6O3. The summed E-state index contributed by atoms with van der Waals surface area (Å²) in [6.45, 7) is 4.46. The zero-order valence-corrected chi connectivity index (χ0v) is 25.0. The van der Waals surface area contributed by atoms with Crippen molar-refractivity contribution in [2.24, 2.45) is 0 Å². The highest BCUT2D eigenvalue weighted by Crippen LogP contribution is 2.36. The number of rotatable bonds is 4. The number of fused-ring (bicyclic) bond motifs is 1. The fourth-order valence-electron chi connectivity index (χ4n) is 5.06. The van der Waals surface area contributed by atoms with Crippen LogP contribution in [0.3, 0.4) is 0 Å². The van der Waals surface area contributed by atoms with Crippen molar-refractivity contribution in [3.8, 4) is 11.6 Å². The van der Waals surface area contributed by atoms with Crippen molar-refractivity contribution in [2.75, 3.05) is 7.05 Å². The monoisotopic (exact) mass is 660 g/mol. The van der Waals surface area contributed by atoms with E-state index >= 15 is 0 Å². The molecule has 1 atom stereocenters. The number of benzene rings is 2. The van der Waals surface area contributed by atoms with Gasteiger partial charge in [0.25, 0.3) is 17.4 Å². The lowest BCUT2D eigenvalue weighted by Crippen LogP contribution is -2.46. The SMILES string of the molecule is CNC(=O)c1ccc(-n2c(-n3nc(C)c(F)c3C)nc3c(c2=O)C[C@@H](C)N(C(=O)c2ccc(Br)c(C(F)(F)F)c2)C3)cc1. The van der Waals surface area contributed by atoms with Crippen molar-refractivity contribution in [1.29, 1.82) is 0 Å². The van der Waals surface area contributed by atoms with Crippen LogP contribution in [0.5, 0.6) is 0 Å². The van der Waals surface area contributed by atoms with Gasteiger partial charge in [-0.05, 0) is 69.7 Å². The van der Waals surface area contributed by atoms with Crippen LogP contribution in [0.25, 0.3) is 11.6 Å². The molecule has 1 aliphatic rings. The lowest BCUT2D eigenvalue weighted by atomic mass is 9.98. The number of hydrogen-bond donors (Lipinski definition) is 1. The number of halogens is 5. The maximum atomic E-state index is 14.8. The van der Waals surface area contributed by atoms with Crippen LogP contribution < -0.4 is 10.9 Å². The number of aryl methyl sites for hydroxylation is 1. The van der Waals surface area contributed by atoms with Crippen LogP contribution in [0.2, 0.25) is 0 Å². The Bertz CT molecular complexity index is 1830. The molecule has 0 aliphatic carbocycles. The van der Waals surface area contributed by atoms with Gasteiger partial charge in [-0.25, -0.2) is 18.6 Å². The van der Waals surface area contributed by atoms with E-state index in [1.165, 1.54) is 59.3 Å². The van der Waals surface area contributed by atoms with Gasteiger partial charge in [0.2, 0.25) is 5.95 Å². The van der Waals surface area contributed by atoms with E-state index in [1.54, 1.807) is 19.1 Å². The highest BCUT2D eigenvalue weighted by atomic mass is 79.9. The van der Waals surface area contributed by atoms with Gasteiger partial charge in [-0.2, -0.15) is 18.3 Å². The van der Waals surface area contributed by atoms with E-state index in [1.807, 2.05) is 0 Å². The van der Waals surface area contributed by atoms with Gasteiger partial charge in [-0.15, -0.1) is 0 Å². The zero-order valence-electron chi connectivity index (χ0n) is 23.4. The quantitative estimate of drug-likeness (QED) is 0.314. The number of alkyl halides is 3. The Hall–Kier alpha value is -4.33. The van der Waals surface area contributed by atoms with Gasteiger partial charge in [0, 0.05) is 34.3 Å². The Balaban J connectivity index is 1.64. The van der Waals surface area contributed by atoms with Crippen molar-refractivity contribution in [1.82, 2.24) is 29.5 Å². The summed E-state index contributed by atoms with van der Waals surface area (Å²) in [5.41, 5.74) is -0.265. The lowest BCUT2D eigenvalue weighted by molar-refractivity contribution is -0.138. The molecule has 224 valence electrons. The normalized spacial score (nSPS) is 14.9. The molecule has 43 heavy (non-hydrogen) atoms. The Kier molecular flexibility index (Phi) is 7.75. The maximum absolute atomic E-state index is 14.8. The second kappa shape index (κ2) is 11.1. The van der Waals surface area contributed by atoms with Crippen molar-refractivity contribution in [2.45, 2.75) is 46.0 Å². The number of nitrogens with one attached hydrogen (secondary N) is 1. The summed E-state index contributed by atoms with van der Waals surface area (Å²) in [4.78, 5) is 45.6. The number of hydrogen-bond acceptors (Lipinski definition) is 5. The van der Waals surface area contributed by atoms with Gasteiger partial charge in [0.05, 0.1) is 34.9 Å². The molecule has 1 aliphatic heterocycles. The Morgan fingerprint density at radius 1 is 1.07 bits per heavy atom. The lowest BCUT2D eigenvalue weighted by Gasteiger charge is -2.34. The summed E-state index contributed by atoms with van der Waals surface area (Å²) in [5.74, 6) is -1.62. The molecule has 3 heterocycles. The van der Waals surface area contributed by atoms with E-state index in [0.29, 0.717) is 16.8 Å². The topological polar surface area (TPSA) is 102 Å². The highest BCUT2D eigenvalue weighted by Gasteiger charge is 2.36. The first-order valence-electron chi connectivity index (χ1n) is 13.1. The third-order valence-electron chi connectivity index (χ3n) is 7.38. The summed E-state index contributed by atoms with van der Waals surface area (Å²) in [6.07, 6.45) is -4.61. The molecule has 9 nitrogen and oxygen atoms in total. The molecule has 0 spiro atoms. The van der Waals surface area contributed by atoms with Crippen molar-refractivity contribution < 1.29 is 27.2 Å². The Morgan fingerprint density at radius 3 is 2.30 bits per heavy atom. The van der Waals surface area contributed by atoms with E-state index in [9.17, 15) is 31.9 Å². The molecule has 2 aromatic carbocycles. The zero-order chi connectivity index (χ0) is 31.4. The third-order valence-corrected chi connectivity index (χ3v) is 8.07. The number of nitrogens with zero attached hydrogens (tertiary/aromatic N) is 5. The second-order valence-corrected chi connectivity index (χ2v) is 11.0. The molecule has 0 saturated carbocycles. The molecule has 0 fully saturated rings. The van der Waals surface area contributed by atoms with Crippen molar-refractivity contribution >= 4 is 27.7 Å². The van der Waals surface area contributed by atoms with Crippen LogP contribution in [0.1, 0.15) is 55.8 Å². The average Bonchev–Trinajstić information content (AvgIpc) is 3.23. The van der Waals surface area contributed by atoms with Gasteiger partial charge < -0.3 is 10.2 Å². The first-order valence-corrected chi connectivity index (χ1v) is 13.9. The van der Waals surface area contributed by atoms with Crippen LogP contribution in [-0.2, 0) is 19.1 Å². The summed E-state index contributed by atoms with van der Waals surface area (Å²) in [7, 11) is 1.49. The van der Waals surface area contributed by atoms with E-state index in [0.717, 1.165) is 6.07 Å². The molecule has 0 bridgehead atoms. The Morgan fingerprint density at radius 2 is 1.72 bits per heavy atom. The Labute approximate surface area is 251 Å². The first kappa shape index (κ1) is 30.1. The minimum Gasteiger partial charge on any atom is -0.355 e. The summed E-state index contributed by atoms with van der Waals surface area (Å²) in [6, 6.07) is 8.85. The second-order valence-electron chi connectivity index (χ2n) is 10.2. The van der Waals surface area contributed by atoms with Crippen LogP contribution in [0.15, 0.2) is 51.7 Å². The summed E-state index contributed by atoms with van der Waals surface area (Å²) >= 11 is 2.89. The molecule has 0 unspecified atom stereocenters. The first-order chi connectivity index (χ1) is 20.2. The minimum absolute atomic E-state index is 0.0501. The van der Waals surface area contributed by atoms with Crippen molar-refractivity contribution in [3.63, 3.8) is 0 Å². The summed E-state index contributed by atoms with van der Waals surface area (Å²) in [5, 5.41) is 6.76. The van der Waals surface area contributed by atoms with Gasteiger partial charge >= 0.3 is 6.18 Å². The molecule has 2 amide bonds. The predicted molar refractivity (Wildman–Crippen MR) is 152 cm³/mol. The number of amides is 2. The molecule has 0 radical (unpaired) electrons. The van der Waals surface area contributed by atoms with Gasteiger partial charge in [-0.3, -0.25) is 14.4 Å². The van der Waals surface area contributed by atoms with Gasteiger partial charge in [-0.1, -0.05) is 15.9 Å². The van der Waals surface area contributed by atoms with Crippen LogP contribution in [0, 0.1) is 19.7 Å². The third kappa shape index (κ3) is 5.35. The van der Waals surface area contributed by atoms with Gasteiger partial charge in [0.15, 0.2) is 5.82 Å². The maximum Gasteiger partial charge on any atom is 0.417 e. The van der Waals surface area contributed by atoms with Crippen LogP contribution >= 0.6 is 15.9 Å². The standard InChI is InChI=1S/C29H25BrF4N6O3/c1-14-11-20-23(13-38(14)26(42)18-7-10-22(30)21(12-18)29(32,33)34)36-28(40-16(3)24(31)15(2)37-40)39(27(20)43)19-8-5-17(6-9-19)25(41)35-4/h5-10,12,14H,11,13H2,1-4H3,(H,35,41)/t14-/m1/s1. The number of carbonyl (C=O) groups excluding carboxylic acids is 2. The van der Waals surface area contributed by atoms with Crippen LogP contribution in [0.4, 0.5) is 17.6 Å². The van der Waals surface area contributed by atoms with Crippen LogP contribution in [-0.4, -0.2) is 49.1 Å². The minimum atomic E-state index is -4.68.